The minimum absolute atomic E-state index is 0.0884. The van der Waals surface area contributed by atoms with Crippen molar-refractivity contribution in [2.75, 3.05) is 23.8 Å². The number of aliphatic carboxylic acids is 1. The number of nitriles is 1. The highest BCUT2D eigenvalue weighted by Gasteiger charge is 2.55. The van der Waals surface area contributed by atoms with Crippen LogP contribution in [0.2, 0.25) is 0 Å². The fourth-order valence-corrected chi connectivity index (χ4v) is 6.29. The van der Waals surface area contributed by atoms with Crippen molar-refractivity contribution >= 4 is 75.7 Å². The zero-order valence-electron chi connectivity index (χ0n) is 19.3. The van der Waals surface area contributed by atoms with Crippen LogP contribution >= 0.6 is 35.7 Å². The monoisotopic (exact) mass is 588 g/mol. The van der Waals surface area contributed by atoms with Gasteiger partial charge in [-0.05, 0) is 22.1 Å². The fourth-order valence-electron chi connectivity index (χ4n) is 3.89. The molecule has 5 rings (SSSR count). The Bertz CT molecular complexity index is 1610. The van der Waals surface area contributed by atoms with E-state index in [-0.39, 0.29) is 45.0 Å². The predicted octanol–water partition coefficient (Wildman–Crippen LogP) is -1.21. The Labute approximate surface area is 231 Å². The summed E-state index contributed by atoms with van der Waals surface area (Å²) in [6.45, 7) is -0.424. The number of nitrogen functional groups attached to an aromatic ring is 2. The van der Waals surface area contributed by atoms with Crippen molar-refractivity contribution in [1.82, 2.24) is 40.5 Å². The van der Waals surface area contributed by atoms with Gasteiger partial charge in [-0.25, -0.2) is 9.78 Å². The Morgan fingerprint density at radius 3 is 2.92 bits per heavy atom. The molecule has 0 saturated carbocycles. The number of hydrogen-bond donors (Lipinski definition) is 5. The number of hydrogen-bond acceptors (Lipinski definition) is 16. The molecule has 3 unspecified atom stereocenters. The van der Waals surface area contributed by atoms with E-state index >= 15 is 0 Å². The van der Waals surface area contributed by atoms with Crippen LogP contribution in [-0.2, 0) is 19.2 Å². The summed E-state index contributed by atoms with van der Waals surface area (Å²) < 4.78 is 1.10. The van der Waals surface area contributed by atoms with Crippen molar-refractivity contribution in [3.05, 3.63) is 34.1 Å². The third kappa shape index (κ3) is 4.66. The zero-order valence-corrected chi connectivity index (χ0v) is 21.9. The summed E-state index contributed by atoms with van der Waals surface area (Å²) in [5.74, 6) is -2.67. The molecule has 2 aliphatic rings. The second-order valence-electron chi connectivity index (χ2n) is 7.90. The van der Waals surface area contributed by atoms with E-state index in [0.717, 1.165) is 20.9 Å². The van der Waals surface area contributed by atoms with E-state index in [1.807, 2.05) is 0 Å². The van der Waals surface area contributed by atoms with Crippen LogP contribution in [0.5, 0.6) is 0 Å². The number of thiol groups is 1. The van der Waals surface area contributed by atoms with Crippen molar-refractivity contribution in [3.63, 3.8) is 0 Å². The van der Waals surface area contributed by atoms with E-state index in [2.05, 4.69) is 48.7 Å². The first-order chi connectivity index (χ1) is 18.7. The number of thiazole rings is 1. The van der Waals surface area contributed by atoms with Gasteiger partial charge in [0.15, 0.2) is 10.8 Å². The van der Waals surface area contributed by atoms with Gasteiger partial charge in [0.1, 0.15) is 28.9 Å². The van der Waals surface area contributed by atoms with Crippen molar-refractivity contribution in [2.24, 2.45) is 5.16 Å². The molecular weight excluding hydrogens is 572 g/mol. The first-order valence-electron chi connectivity index (χ1n) is 10.7. The lowest BCUT2D eigenvalue weighted by Crippen LogP contribution is -2.71. The van der Waals surface area contributed by atoms with Crippen LogP contribution in [0, 0.1) is 11.3 Å². The number of tetrazole rings is 1. The summed E-state index contributed by atoms with van der Waals surface area (Å²) in [6, 6.07) is 2.13. The number of anilines is 2. The number of fused-ring (bicyclic) bond motifs is 2. The van der Waals surface area contributed by atoms with E-state index in [1.165, 1.54) is 23.2 Å². The van der Waals surface area contributed by atoms with E-state index in [9.17, 15) is 19.5 Å². The van der Waals surface area contributed by atoms with Gasteiger partial charge in [-0.1, -0.05) is 5.16 Å². The van der Waals surface area contributed by atoms with Gasteiger partial charge in [-0.15, -0.1) is 32.8 Å². The Morgan fingerprint density at radius 1 is 1.44 bits per heavy atom. The van der Waals surface area contributed by atoms with Crippen molar-refractivity contribution in [3.8, 4) is 6.07 Å². The molecule has 0 bridgehead atoms. The molecule has 2 amide bonds. The Hall–Kier alpha value is -4.48. The van der Waals surface area contributed by atoms with Crippen LogP contribution in [0.4, 0.5) is 10.8 Å². The average molecular weight is 589 g/mol. The third-order valence-electron chi connectivity index (χ3n) is 5.59. The number of nitrogens with one attached hydrogen (secondary N) is 1. The molecule has 0 aliphatic carbocycles. The normalized spacial score (nSPS) is 19.7. The van der Waals surface area contributed by atoms with Crippen LogP contribution in [-0.4, -0.2) is 87.5 Å². The van der Waals surface area contributed by atoms with Gasteiger partial charge in [0.05, 0.1) is 16.6 Å². The predicted molar refractivity (Wildman–Crippen MR) is 139 cm³/mol. The summed E-state index contributed by atoms with van der Waals surface area (Å²) in [6.07, 6.45) is 0. The number of nitrogens with two attached hydrogens (primary N) is 2. The van der Waals surface area contributed by atoms with E-state index in [0.29, 0.717) is 5.57 Å². The highest BCUT2D eigenvalue weighted by molar-refractivity contribution is 8.00. The molecule has 3 atom stereocenters. The topological polar surface area (TPSA) is 253 Å². The molecule has 0 aromatic carbocycles. The quantitative estimate of drug-likeness (QED) is 0.0681. The zero-order chi connectivity index (χ0) is 27.8. The number of thioether (sulfide) groups is 1. The molecule has 3 aromatic heterocycles. The molecule has 200 valence electrons. The number of aromatic nitrogens is 6. The molecule has 1 fully saturated rings. The number of carbonyl (C=O) groups is 3. The van der Waals surface area contributed by atoms with Crippen LogP contribution < -0.4 is 16.8 Å². The van der Waals surface area contributed by atoms with Gasteiger partial charge >= 0.3 is 5.97 Å². The Balaban J connectivity index is 1.39. The largest absolute Gasteiger partial charge is 0.477 e. The van der Waals surface area contributed by atoms with Crippen molar-refractivity contribution in [1.29, 1.82) is 5.26 Å². The second-order valence-corrected chi connectivity index (χ2v) is 10.4. The molecule has 0 radical (unpaired) electrons. The lowest BCUT2D eigenvalue weighted by Gasteiger charge is -2.49. The molecule has 20 heteroatoms. The molecular formula is C19H16N12O5S3. The standard InChI is InChI=1S/C19H16N12O5S3/c20-1-2-36-27-10(9-5-39-19(22)23-9)15(32)24-11-16(33)30-12(18(34)35)6(4-38-17(11)30)13(37)8-3-7(21)14-25-28-29-31(14)26-8/h3,5,11,13,17,37H,2,4,21H2,(H2,22,23)(H,24,32)(H,34,35)/b27-10+. The van der Waals surface area contributed by atoms with Gasteiger partial charge in [-0.3, -0.25) is 14.5 Å². The second kappa shape index (κ2) is 10.4. The number of oxime groups is 1. The smallest absolute Gasteiger partial charge is 0.352 e. The number of carboxylic acids is 1. The van der Waals surface area contributed by atoms with Crippen molar-refractivity contribution in [2.45, 2.75) is 16.7 Å². The minimum atomic E-state index is -1.35. The molecule has 5 heterocycles. The average Bonchev–Trinajstić information content (AvgIpc) is 3.57. The van der Waals surface area contributed by atoms with Gasteiger partial charge in [-0.2, -0.15) is 23.0 Å². The maximum absolute atomic E-state index is 13.1. The molecule has 0 spiro atoms. The Kier molecular flexibility index (Phi) is 6.94. The van der Waals surface area contributed by atoms with Gasteiger partial charge in [0.25, 0.3) is 11.8 Å². The number of rotatable bonds is 8. The van der Waals surface area contributed by atoms with Crippen LogP contribution in [0.3, 0.4) is 0 Å². The Morgan fingerprint density at radius 2 is 2.23 bits per heavy atom. The van der Waals surface area contributed by atoms with E-state index < -0.39 is 41.1 Å². The molecule has 1 saturated heterocycles. The maximum atomic E-state index is 13.1. The number of β-lactam (4-membered cyclic amide) rings is 1. The molecule has 39 heavy (non-hydrogen) atoms. The van der Waals surface area contributed by atoms with E-state index in [4.69, 9.17) is 21.6 Å². The van der Waals surface area contributed by atoms with Crippen LogP contribution in [0.15, 0.2) is 27.9 Å². The molecule has 6 N–H and O–H groups in total. The first kappa shape index (κ1) is 26.1. The number of carboxylic acid groups (broad SMARTS) is 1. The molecule has 3 aromatic rings. The lowest BCUT2D eigenvalue weighted by molar-refractivity contribution is -0.150. The van der Waals surface area contributed by atoms with Gasteiger partial charge in [0.2, 0.25) is 12.3 Å². The van der Waals surface area contributed by atoms with Crippen molar-refractivity contribution < 1.29 is 24.3 Å². The van der Waals surface area contributed by atoms with E-state index in [1.54, 1.807) is 6.07 Å². The highest BCUT2D eigenvalue weighted by atomic mass is 32.2. The minimum Gasteiger partial charge on any atom is -0.477 e. The summed E-state index contributed by atoms with van der Waals surface area (Å²) in [4.78, 5) is 48.4. The number of amides is 2. The molecule has 17 nitrogen and oxygen atoms in total. The number of nitrogens with zero attached hydrogens (tertiary/aromatic N) is 9. The van der Waals surface area contributed by atoms with Crippen LogP contribution in [0.25, 0.3) is 5.65 Å². The summed E-state index contributed by atoms with van der Waals surface area (Å²) >= 11 is 6.85. The highest BCUT2D eigenvalue weighted by Crippen LogP contribution is 2.45. The van der Waals surface area contributed by atoms with Crippen LogP contribution in [0.1, 0.15) is 16.6 Å². The third-order valence-corrected chi connectivity index (χ3v) is 8.14. The maximum Gasteiger partial charge on any atom is 0.352 e. The lowest BCUT2D eigenvalue weighted by atomic mass is 10.00. The molecule has 2 aliphatic heterocycles. The summed E-state index contributed by atoms with van der Waals surface area (Å²) in [5, 5.41) is 40.2. The first-order valence-corrected chi connectivity index (χ1v) is 13.2. The van der Waals surface area contributed by atoms with Gasteiger partial charge in [0, 0.05) is 11.1 Å². The summed E-state index contributed by atoms with van der Waals surface area (Å²) in [7, 11) is 0. The van der Waals surface area contributed by atoms with Gasteiger partial charge < -0.3 is 26.7 Å². The SMILES string of the molecule is N#CCO/N=C(/C(=O)NC1C(=O)N2C(C(=O)O)=C(C(S)c3cc(N)c4nnnn4n3)CSC12)c1csc(N)n1. The summed E-state index contributed by atoms with van der Waals surface area (Å²) in [5.41, 5.74) is 12.2. The fraction of sp³-hybridized carbons (Fsp3) is 0.263. The number of carbonyl (C=O) groups excluding carboxylic acids is 2.